The van der Waals surface area contributed by atoms with E-state index in [9.17, 15) is 9.59 Å². The first kappa shape index (κ1) is 17.8. The second-order valence-corrected chi connectivity index (χ2v) is 18.9. The highest BCUT2D eigenvalue weighted by Gasteiger charge is 2.38. The molecule has 2 N–H and O–H groups in total. The van der Waals surface area contributed by atoms with E-state index in [2.05, 4.69) is 39.3 Å². The largest absolute Gasteiger partial charge is 0.399 e. The monoisotopic (exact) mass is 367 g/mol. The number of ketones is 2. The van der Waals surface area contributed by atoms with Crippen LogP contribution in [0.5, 0.6) is 0 Å². The van der Waals surface area contributed by atoms with Crippen molar-refractivity contribution in [2.45, 2.75) is 39.3 Å². The number of nitrogens with two attached hydrogens (primary N) is 1. The second-order valence-electron chi connectivity index (χ2n) is 8.84. The van der Waals surface area contributed by atoms with Crippen molar-refractivity contribution in [1.29, 1.82) is 0 Å². The molecular weight excluding hydrogens is 342 g/mol. The molecule has 3 rings (SSSR count). The molecule has 0 heterocycles. The van der Waals surface area contributed by atoms with Crippen LogP contribution in [0.2, 0.25) is 39.3 Å². The van der Waals surface area contributed by atoms with E-state index in [4.69, 9.17) is 5.73 Å². The number of anilines is 1. The summed E-state index contributed by atoms with van der Waals surface area (Å²) in [6, 6.07) is 9.02. The Balaban J connectivity index is 2.47. The number of rotatable bonds is 2. The first-order valence-corrected chi connectivity index (χ1v) is 15.6. The van der Waals surface area contributed by atoms with E-state index in [-0.39, 0.29) is 11.6 Å². The van der Waals surface area contributed by atoms with Crippen LogP contribution in [0, 0.1) is 0 Å². The Labute approximate surface area is 151 Å². The Morgan fingerprint density at radius 1 is 0.760 bits per heavy atom. The van der Waals surface area contributed by atoms with Crippen molar-refractivity contribution in [3.05, 3.63) is 52.6 Å². The molecule has 3 nitrogen and oxygen atoms in total. The normalized spacial score (nSPS) is 14.3. The predicted octanol–water partition coefficient (Wildman–Crippen LogP) is 3.13. The minimum absolute atomic E-state index is 0.0517. The molecule has 0 saturated heterocycles. The van der Waals surface area contributed by atoms with Gasteiger partial charge in [0.2, 0.25) is 0 Å². The van der Waals surface area contributed by atoms with Crippen LogP contribution >= 0.6 is 0 Å². The molecule has 0 aromatic heterocycles. The molecule has 0 spiro atoms. The van der Waals surface area contributed by atoms with Gasteiger partial charge in [-0.05, 0) is 16.4 Å². The number of carbonyl (C=O) groups is 2. The average Bonchev–Trinajstić information content (AvgIpc) is 2.49. The molecule has 0 radical (unpaired) electrons. The van der Waals surface area contributed by atoms with Gasteiger partial charge in [-0.3, -0.25) is 9.59 Å². The molecule has 130 valence electrons. The lowest BCUT2D eigenvalue weighted by Gasteiger charge is -2.32. The molecule has 0 bridgehead atoms. The van der Waals surface area contributed by atoms with Crippen molar-refractivity contribution < 1.29 is 9.59 Å². The molecule has 5 heteroatoms. The zero-order valence-corrected chi connectivity index (χ0v) is 17.8. The number of benzene rings is 2. The van der Waals surface area contributed by atoms with Gasteiger partial charge in [0.1, 0.15) is 0 Å². The number of carbonyl (C=O) groups excluding carboxylic acids is 2. The van der Waals surface area contributed by atoms with Crippen LogP contribution in [0.1, 0.15) is 31.8 Å². The van der Waals surface area contributed by atoms with Crippen LogP contribution in [0.4, 0.5) is 5.69 Å². The Kier molecular flexibility index (Phi) is 3.93. The number of nitrogen functional groups attached to an aromatic ring is 1. The molecule has 0 aliphatic heterocycles. The molecule has 1 aliphatic carbocycles. The van der Waals surface area contributed by atoms with Gasteiger partial charge in [0, 0.05) is 27.9 Å². The van der Waals surface area contributed by atoms with Gasteiger partial charge in [0.25, 0.3) is 0 Å². The van der Waals surface area contributed by atoms with Gasteiger partial charge in [-0.1, -0.05) is 63.5 Å². The molecule has 2 aromatic carbocycles. The fourth-order valence-corrected chi connectivity index (χ4v) is 7.25. The van der Waals surface area contributed by atoms with Gasteiger partial charge in [0.05, 0.1) is 16.1 Å². The predicted molar refractivity (Wildman–Crippen MR) is 110 cm³/mol. The van der Waals surface area contributed by atoms with Crippen LogP contribution in [0.25, 0.3) is 0 Å². The average molecular weight is 368 g/mol. The topological polar surface area (TPSA) is 60.2 Å². The summed E-state index contributed by atoms with van der Waals surface area (Å²) in [4.78, 5) is 26.4. The Morgan fingerprint density at radius 2 is 1.28 bits per heavy atom. The van der Waals surface area contributed by atoms with E-state index in [0.29, 0.717) is 22.3 Å². The Hall–Kier alpha value is -1.99. The third kappa shape index (κ3) is 2.71. The van der Waals surface area contributed by atoms with Gasteiger partial charge in [-0.25, -0.2) is 0 Å². The molecule has 0 atom stereocenters. The molecule has 25 heavy (non-hydrogen) atoms. The summed E-state index contributed by atoms with van der Waals surface area (Å²) in [6.07, 6.45) is 0. The van der Waals surface area contributed by atoms with Crippen molar-refractivity contribution in [3.8, 4) is 0 Å². The number of fused-ring (bicyclic) bond motifs is 2. The number of hydrogen-bond acceptors (Lipinski definition) is 3. The van der Waals surface area contributed by atoms with E-state index in [1.54, 1.807) is 12.1 Å². The molecule has 0 amide bonds. The molecule has 2 aromatic rings. The van der Waals surface area contributed by atoms with Crippen molar-refractivity contribution >= 4 is 43.8 Å². The fraction of sp³-hybridized carbons (Fsp3) is 0.300. The zero-order valence-electron chi connectivity index (χ0n) is 15.8. The van der Waals surface area contributed by atoms with Crippen LogP contribution in [-0.2, 0) is 0 Å². The van der Waals surface area contributed by atoms with E-state index in [1.165, 1.54) is 0 Å². The molecule has 0 fully saturated rings. The van der Waals surface area contributed by atoms with Crippen molar-refractivity contribution in [1.82, 2.24) is 0 Å². The minimum Gasteiger partial charge on any atom is -0.399 e. The van der Waals surface area contributed by atoms with E-state index in [1.807, 2.05) is 18.2 Å². The summed E-state index contributed by atoms with van der Waals surface area (Å²) in [5.74, 6) is -0.111. The first-order chi connectivity index (χ1) is 11.4. The standard InChI is InChI=1S/C20H25NO2Si2/c1-24(2,3)15-11-14-16(20(17(15)21)25(4,5)6)19(23)13-10-8-7-9-12(13)18(14)22/h7-11H,21H2,1-6H3. The van der Waals surface area contributed by atoms with Gasteiger partial charge < -0.3 is 5.73 Å². The zero-order chi connectivity index (χ0) is 18.7. The molecule has 0 saturated carbocycles. The lowest BCUT2D eigenvalue weighted by molar-refractivity contribution is 0.0980. The molecule has 0 unspecified atom stereocenters. The van der Waals surface area contributed by atoms with E-state index < -0.39 is 16.1 Å². The van der Waals surface area contributed by atoms with Crippen molar-refractivity contribution in [3.63, 3.8) is 0 Å². The third-order valence-corrected chi connectivity index (χ3v) is 8.86. The van der Waals surface area contributed by atoms with Gasteiger partial charge in [-0.2, -0.15) is 0 Å². The van der Waals surface area contributed by atoms with Gasteiger partial charge >= 0.3 is 0 Å². The summed E-state index contributed by atoms with van der Waals surface area (Å²) in [7, 11) is -3.69. The summed E-state index contributed by atoms with van der Waals surface area (Å²) in [5.41, 5.74) is 9.47. The highest BCUT2D eigenvalue weighted by molar-refractivity contribution is 6.94. The summed E-state index contributed by atoms with van der Waals surface area (Å²) < 4.78 is 0. The maximum Gasteiger partial charge on any atom is 0.194 e. The maximum atomic E-state index is 13.3. The van der Waals surface area contributed by atoms with Crippen molar-refractivity contribution in [2.24, 2.45) is 0 Å². The third-order valence-electron chi connectivity index (χ3n) is 4.81. The fourth-order valence-electron chi connectivity index (χ4n) is 3.67. The molecule has 1 aliphatic rings. The smallest absolute Gasteiger partial charge is 0.194 e. The van der Waals surface area contributed by atoms with Gasteiger partial charge in [0.15, 0.2) is 11.6 Å². The summed E-state index contributed by atoms with van der Waals surface area (Å²) in [5, 5.41) is 2.04. The first-order valence-electron chi connectivity index (χ1n) is 8.60. The van der Waals surface area contributed by atoms with Crippen LogP contribution < -0.4 is 16.1 Å². The summed E-state index contributed by atoms with van der Waals surface area (Å²) in [6.45, 7) is 13.2. The highest BCUT2D eigenvalue weighted by Crippen LogP contribution is 2.29. The lowest BCUT2D eigenvalue weighted by Crippen LogP contribution is -2.52. The van der Waals surface area contributed by atoms with Crippen LogP contribution in [0.15, 0.2) is 30.3 Å². The quantitative estimate of drug-likeness (QED) is 0.559. The Bertz CT molecular complexity index is 919. The minimum atomic E-state index is -1.94. The second kappa shape index (κ2) is 5.51. The van der Waals surface area contributed by atoms with Gasteiger partial charge in [-0.15, -0.1) is 0 Å². The lowest BCUT2D eigenvalue weighted by atomic mass is 9.84. The number of hydrogen-bond donors (Lipinski definition) is 1. The van der Waals surface area contributed by atoms with Crippen LogP contribution in [-0.4, -0.2) is 27.7 Å². The molecular formula is C20H25NO2Si2. The Morgan fingerprint density at radius 3 is 1.76 bits per heavy atom. The van der Waals surface area contributed by atoms with Crippen molar-refractivity contribution in [2.75, 3.05) is 5.73 Å². The summed E-state index contributed by atoms with van der Waals surface area (Å²) >= 11 is 0. The van der Waals surface area contributed by atoms with E-state index in [0.717, 1.165) is 16.1 Å². The van der Waals surface area contributed by atoms with E-state index >= 15 is 0 Å². The SMILES string of the molecule is C[Si](C)(C)c1cc2c(c([Si](C)(C)C)c1N)C(=O)c1ccccc1C2=O. The maximum absolute atomic E-state index is 13.3. The van der Waals surface area contributed by atoms with Crippen LogP contribution in [0.3, 0.4) is 0 Å². The highest BCUT2D eigenvalue weighted by atomic mass is 28.3.